The van der Waals surface area contributed by atoms with Gasteiger partial charge in [-0.2, -0.15) is 0 Å². The van der Waals surface area contributed by atoms with Gasteiger partial charge in [-0.3, -0.25) is 0 Å². The molecule has 0 aliphatic heterocycles. The first-order valence-electron chi connectivity index (χ1n) is 27.4. The zero-order chi connectivity index (χ0) is 53.1. The van der Waals surface area contributed by atoms with Gasteiger partial charge in [0.1, 0.15) is 0 Å². The molecule has 0 atom stereocenters. The van der Waals surface area contributed by atoms with Crippen LogP contribution in [-0.2, 0) is 5.41 Å². The van der Waals surface area contributed by atoms with Crippen molar-refractivity contribution in [1.82, 2.24) is 28.7 Å². The van der Waals surface area contributed by atoms with Gasteiger partial charge in [0.2, 0.25) is 0 Å². The fraction of sp³-hybridized carbons (Fsp3) is 0.0405. The van der Waals surface area contributed by atoms with Crippen molar-refractivity contribution >= 4 is 54.5 Å². The molecule has 15 aromatic rings. The Balaban J connectivity index is 0.893. The summed E-state index contributed by atoms with van der Waals surface area (Å²) < 4.78 is 7.46. The van der Waals surface area contributed by atoms with E-state index in [1.54, 1.807) is 0 Å². The highest BCUT2D eigenvalue weighted by atomic mass is 15.1. The standard InChI is InChI=1S/C74H50N6/c1-74(2)63-32-17-15-31-59(63)68-67(74)60-41-40-58-62-46-52(51-36-42-65-61(45-51)57-30-16-18-33-64(57)78(65)54-26-11-5-12-27-54)37-43-66(62)79(69(58)70(60)80(68)55-28-13-6-14-29-55)56-38-34-47(35-39-56)50-24-19-25-53(44-50)73-76-71(48-20-7-3-8-21-48)75-72(77-73)49-22-9-4-10-23-49/h3-46H,1-2H3. The van der Waals surface area contributed by atoms with Crippen molar-refractivity contribution in [1.29, 1.82) is 0 Å². The number of hydrogen-bond acceptors (Lipinski definition) is 3. The van der Waals surface area contributed by atoms with Crippen LogP contribution in [0.25, 0.3) is 139 Å². The third-order valence-electron chi connectivity index (χ3n) is 16.7. The lowest BCUT2D eigenvalue weighted by molar-refractivity contribution is 0.666. The van der Waals surface area contributed by atoms with E-state index in [-0.39, 0.29) is 5.41 Å². The molecular formula is C74H50N6. The first-order chi connectivity index (χ1) is 39.4. The number of para-hydroxylation sites is 3. The molecule has 4 heterocycles. The lowest BCUT2D eigenvalue weighted by Gasteiger charge is -2.21. The van der Waals surface area contributed by atoms with E-state index in [9.17, 15) is 0 Å². The van der Waals surface area contributed by atoms with Crippen LogP contribution >= 0.6 is 0 Å². The van der Waals surface area contributed by atoms with Crippen molar-refractivity contribution in [2.24, 2.45) is 0 Å². The zero-order valence-electron chi connectivity index (χ0n) is 44.1. The first kappa shape index (κ1) is 45.7. The minimum absolute atomic E-state index is 0.228. The molecule has 6 nitrogen and oxygen atoms in total. The van der Waals surface area contributed by atoms with E-state index in [2.05, 4.69) is 234 Å². The van der Waals surface area contributed by atoms with Gasteiger partial charge in [-0.25, -0.2) is 15.0 Å². The van der Waals surface area contributed by atoms with Crippen LogP contribution in [0.1, 0.15) is 25.0 Å². The molecule has 376 valence electrons. The second-order valence-electron chi connectivity index (χ2n) is 21.6. The van der Waals surface area contributed by atoms with Gasteiger partial charge in [0.25, 0.3) is 0 Å². The summed E-state index contributed by atoms with van der Waals surface area (Å²) in [5, 5.41) is 6.14. The van der Waals surface area contributed by atoms with Crippen molar-refractivity contribution < 1.29 is 0 Å². The van der Waals surface area contributed by atoms with Crippen molar-refractivity contribution in [2.45, 2.75) is 19.3 Å². The van der Waals surface area contributed by atoms with E-state index in [0.717, 1.165) is 50.4 Å². The van der Waals surface area contributed by atoms with E-state index in [0.29, 0.717) is 17.5 Å². The van der Waals surface area contributed by atoms with Crippen LogP contribution in [0.15, 0.2) is 267 Å². The third kappa shape index (κ3) is 7.02. The molecule has 0 bridgehead atoms. The number of nitrogens with zero attached hydrogens (tertiary/aromatic N) is 6. The van der Waals surface area contributed by atoms with E-state index in [4.69, 9.17) is 15.0 Å². The Morgan fingerprint density at radius 1 is 0.287 bits per heavy atom. The molecule has 0 spiro atoms. The molecular weight excluding hydrogens is 973 g/mol. The molecule has 11 aromatic carbocycles. The second kappa shape index (κ2) is 17.8. The first-order valence-corrected chi connectivity index (χ1v) is 27.4. The molecule has 6 heteroatoms. The van der Waals surface area contributed by atoms with Gasteiger partial charge in [-0.05, 0) is 106 Å². The highest BCUT2D eigenvalue weighted by Crippen LogP contribution is 2.55. The number of hydrogen-bond donors (Lipinski definition) is 0. The van der Waals surface area contributed by atoms with Crippen LogP contribution in [-0.4, -0.2) is 28.7 Å². The maximum absolute atomic E-state index is 5.07. The second-order valence-corrected chi connectivity index (χ2v) is 21.6. The minimum atomic E-state index is -0.228. The monoisotopic (exact) mass is 1020 g/mol. The summed E-state index contributed by atoms with van der Waals surface area (Å²) in [6.07, 6.45) is 0. The molecule has 0 fully saturated rings. The fourth-order valence-electron chi connectivity index (χ4n) is 13.0. The van der Waals surface area contributed by atoms with Crippen LogP contribution in [0, 0.1) is 0 Å². The van der Waals surface area contributed by atoms with Crippen LogP contribution in [0.3, 0.4) is 0 Å². The smallest absolute Gasteiger partial charge is 0.164 e. The van der Waals surface area contributed by atoms with Crippen molar-refractivity contribution in [2.75, 3.05) is 0 Å². The molecule has 0 N–H and O–H groups in total. The van der Waals surface area contributed by atoms with Gasteiger partial charge in [0.15, 0.2) is 17.5 Å². The lowest BCUT2D eigenvalue weighted by Crippen LogP contribution is -2.14. The van der Waals surface area contributed by atoms with Gasteiger partial charge in [-0.1, -0.05) is 208 Å². The van der Waals surface area contributed by atoms with Gasteiger partial charge in [0.05, 0.1) is 33.3 Å². The summed E-state index contributed by atoms with van der Waals surface area (Å²) in [5.74, 6) is 1.91. The van der Waals surface area contributed by atoms with E-state index >= 15 is 0 Å². The Morgan fingerprint density at radius 3 is 1.40 bits per heavy atom. The Hall–Kier alpha value is -10.4. The van der Waals surface area contributed by atoms with Crippen LogP contribution in [0.2, 0.25) is 0 Å². The highest BCUT2D eigenvalue weighted by Gasteiger charge is 2.41. The topological polar surface area (TPSA) is 53.5 Å². The van der Waals surface area contributed by atoms with Gasteiger partial charge < -0.3 is 13.7 Å². The van der Waals surface area contributed by atoms with E-state index < -0.39 is 0 Å². The predicted octanol–water partition coefficient (Wildman–Crippen LogP) is 18.7. The number of benzene rings is 11. The van der Waals surface area contributed by atoms with Crippen LogP contribution in [0.4, 0.5) is 0 Å². The zero-order valence-corrected chi connectivity index (χ0v) is 44.1. The molecule has 0 amide bonds. The Bertz CT molecular complexity index is 4880. The average molecular weight is 1020 g/mol. The Morgan fingerprint density at radius 2 is 0.738 bits per heavy atom. The minimum Gasteiger partial charge on any atom is -0.309 e. The van der Waals surface area contributed by atoms with Gasteiger partial charge >= 0.3 is 0 Å². The lowest BCUT2D eigenvalue weighted by atomic mass is 9.81. The molecule has 0 radical (unpaired) electrons. The quantitative estimate of drug-likeness (QED) is 0.152. The van der Waals surface area contributed by atoms with Crippen LogP contribution < -0.4 is 0 Å². The molecule has 1 aliphatic carbocycles. The molecule has 1 aliphatic rings. The maximum atomic E-state index is 5.07. The molecule has 80 heavy (non-hydrogen) atoms. The normalized spacial score (nSPS) is 12.7. The third-order valence-corrected chi connectivity index (χ3v) is 16.7. The summed E-state index contributed by atoms with van der Waals surface area (Å²) in [6.45, 7) is 4.79. The van der Waals surface area contributed by atoms with Crippen LogP contribution in [0.5, 0.6) is 0 Å². The van der Waals surface area contributed by atoms with Crippen molar-refractivity contribution in [3.8, 4) is 84.7 Å². The number of fused-ring (bicyclic) bond motifs is 12. The summed E-state index contributed by atoms with van der Waals surface area (Å²) in [6, 6.07) is 96.2. The molecule has 0 unspecified atom stereocenters. The molecule has 0 saturated heterocycles. The summed E-state index contributed by atoms with van der Waals surface area (Å²) >= 11 is 0. The largest absolute Gasteiger partial charge is 0.309 e. The molecule has 0 saturated carbocycles. The van der Waals surface area contributed by atoms with Crippen molar-refractivity contribution in [3.63, 3.8) is 0 Å². The summed E-state index contributed by atoms with van der Waals surface area (Å²) in [4.78, 5) is 15.1. The number of rotatable bonds is 8. The summed E-state index contributed by atoms with van der Waals surface area (Å²) in [7, 11) is 0. The highest BCUT2D eigenvalue weighted by molar-refractivity contribution is 6.21. The molecule has 16 rings (SSSR count). The molecule has 4 aromatic heterocycles. The fourth-order valence-corrected chi connectivity index (χ4v) is 13.0. The average Bonchev–Trinajstić information content (AvgIpc) is 4.41. The SMILES string of the molecule is CC1(C)c2ccccc2-c2c1c1ccc3c4cc(-c5ccc6c(c5)c5ccccc5n6-c5ccccc5)ccc4n(-c4ccc(-c5cccc(-c6nc(-c7ccccc7)nc(-c7ccccc7)n6)c5)cc4)c3c1n2-c1ccccc1. The maximum Gasteiger partial charge on any atom is 0.164 e. The van der Waals surface area contributed by atoms with Gasteiger partial charge in [-0.15, -0.1) is 0 Å². The van der Waals surface area contributed by atoms with E-state index in [1.807, 2.05) is 60.7 Å². The van der Waals surface area contributed by atoms with Crippen molar-refractivity contribution in [3.05, 3.63) is 278 Å². The van der Waals surface area contributed by atoms with Gasteiger partial charge in [0, 0.05) is 71.7 Å². The summed E-state index contributed by atoms with van der Waals surface area (Å²) in [5.41, 5.74) is 21.6. The Labute approximate surface area is 462 Å². The van der Waals surface area contributed by atoms with E-state index in [1.165, 1.54) is 82.5 Å². The Kier molecular flexibility index (Phi) is 10.2. The predicted molar refractivity (Wildman–Crippen MR) is 330 cm³/mol. The number of aromatic nitrogens is 6.